The van der Waals surface area contributed by atoms with E-state index in [4.69, 9.17) is 0 Å². The number of carbonyl (C=O) groups is 2. The molecular formula is C24H24N2O2. The molecule has 2 amide bonds. The Morgan fingerprint density at radius 2 is 1.04 bits per heavy atom. The maximum absolute atomic E-state index is 12.2. The first-order valence-corrected chi connectivity index (χ1v) is 9.29. The van der Waals surface area contributed by atoms with Crippen LogP contribution in [0.3, 0.4) is 0 Å². The summed E-state index contributed by atoms with van der Waals surface area (Å²) in [6, 6.07) is 22.9. The molecule has 0 aliphatic heterocycles. The molecule has 2 N–H and O–H groups in total. The summed E-state index contributed by atoms with van der Waals surface area (Å²) in [5.41, 5.74) is 5.46. The predicted octanol–water partition coefficient (Wildman–Crippen LogP) is 4.16. The van der Waals surface area contributed by atoms with Gasteiger partial charge in [-0.2, -0.15) is 0 Å². The van der Waals surface area contributed by atoms with E-state index in [1.165, 1.54) is 0 Å². The van der Waals surface area contributed by atoms with Crippen molar-refractivity contribution in [2.24, 2.45) is 0 Å². The normalized spacial score (nSPS) is 10.4. The second-order valence-electron chi connectivity index (χ2n) is 6.92. The van der Waals surface area contributed by atoms with Gasteiger partial charge in [0.25, 0.3) is 11.8 Å². The highest BCUT2D eigenvalue weighted by atomic mass is 16.2. The molecule has 0 atom stereocenters. The third kappa shape index (κ3) is 5.30. The van der Waals surface area contributed by atoms with Crippen LogP contribution in [0.2, 0.25) is 0 Å². The Bertz CT molecular complexity index is 897. The van der Waals surface area contributed by atoms with Crippen LogP contribution in [-0.2, 0) is 13.1 Å². The lowest BCUT2D eigenvalue weighted by Gasteiger charge is -2.09. The maximum atomic E-state index is 12.2. The zero-order chi connectivity index (χ0) is 19.9. The number of rotatable bonds is 6. The second-order valence-corrected chi connectivity index (χ2v) is 6.92. The van der Waals surface area contributed by atoms with E-state index >= 15 is 0 Å². The van der Waals surface area contributed by atoms with Crippen LogP contribution < -0.4 is 10.6 Å². The minimum absolute atomic E-state index is 0.0850. The lowest BCUT2D eigenvalue weighted by atomic mass is 10.1. The average molecular weight is 372 g/mol. The fourth-order valence-corrected chi connectivity index (χ4v) is 2.92. The van der Waals surface area contributed by atoms with Crippen molar-refractivity contribution in [2.45, 2.75) is 26.9 Å². The SMILES string of the molecule is Cc1cccc(C(=O)NCc2ccc(CNC(=O)c3cccc(C)c3)cc2)c1. The molecule has 3 aromatic carbocycles. The quantitative estimate of drug-likeness (QED) is 0.682. The van der Waals surface area contributed by atoms with Gasteiger partial charge >= 0.3 is 0 Å². The molecule has 0 saturated carbocycles. The molecule has 4 nitrogen and oxygen atoms in total. The Balaban J connectivity index is 1.51. The zero-order valence-corrected chi connectivity index (χ0v) is 16.2. The summed E-state index contributed by atoms with van der Waals surface area (Å²) in [4.78, 5) is 24.4. The summed E-state index contributed by atoms with van der Waals surface area (Å²) >= 11 is 0. The van der Waals surface area contributed by atoms with E-state index in [1.54, 1.807) is 0 Å². The molecular weight excluding hydrogens is 348 g/mol. The summed E-state index contributed by atoms with van der Waals surface area (Å²) in [5.74, 6) is -0.170. The number of hydrogen-bond donors (Lipinski definition) is 2. The molecule has 3 aromatic rings. The minimum atomic E-state index is -0.0850. The van der Waals surface area contributed by atoms with E-state index in [2.05, 4.69) is 10.6 Å². The van der Waals surface area contributed by atoms with Crippen LogP contribution in [0.5, 0.6) is 0 Å². The highest BCUT2D eigenvalue weighted by molar-refractivity contribution is 5.94. The van der Waals surface area contributed by atoms with Gasteiger partial charge in [0.2, 0.25) is 0 Å². The van der Waals surface area contributed by atoms with Crippen LogP contribution in [0.4, 0.5) is 0 Å². The van der Waals surface area contributed by atoms with Crippen molar-refractivity contribution < 1.29 is 9.59 Å². The predicted molar refractivity (Wildman–Crippen MR) is 111 cm³/mol. The Labute approximate surface area is 165 Å². The number of hydrogen-bond acceptors (Lipinski definition) is 2. The topological polar surface area (TPSA) is 58.2 Å². The first-order chi connectivity index (χ1) is 13.5. The lowest BCUT2D eigenvalue weighted by Crippen LogP contribution is -2.23. The van der Waals surface area contributed by atoms with E-state index in [1.807, 2.05) is 86.6 Å². The molecule has 3 rings (SSSR count). The maximum Gasteiger partial charge on any atom is 0.251 e. The molecule has 0 bridgehead atoms. The molecule has 0 spiro atoms. The Hall–Kier alpha value is -3.40. The van der Waals surface area contributed by atoms with Gasteiger partial charge in [-0.1, -0.05) is 59.7 Å². The molecule has 0 fully saturated rings. The van der Waals surface area contributed by atoms with Crippen LogP contribution in [0.25, 0.3) is 0 Å². The first kappa shape index (κ1) is 19.4. The number of benzene rings is 3. The molecule has 0 aromatic heterocycles. The van der Waals surface area contributed by atoms with Crippen molar-refractivity contribution in [1.29, 1.82) is 0 Å². The standard InChI is InChI=1S/C24H24N2O2/c1-17-5-3-7-21(13-17)23(27)25-15-19-9-11-20(12-10-19)16-26-24(28)22-8-4-6-18(2)14-22/h3-14H,15-16H2,1-2H3,(H,25,27)(H,26,28). The molecule has 28 heavy (non-hydrogen) atoms. The molecule has 0 saturated heterocycles. The number of aryl methyl sites for hydroxylation is 2. The smallest absolute Gasteiger partial charge is 0.251 e. The molecule has 4 heteroatoms. The van der Waals surface area contributed by atoms with Crippen molar-refractivity contribution in [2.75, 3.05) is 0 Å². The van der Waals surface area contributed by atoms with Crippen LogP contribution in [0.1, 0.15) is 43.0 Å². The van der Waals surface area contributed by atoms with Crippen molar-refractivity contribution in [3.8, 4) is 0 Å². The summed E-state index contributed by atoms with van der Waals surface area (Å²) in [7, 11) is 0. The van der Waals surface area contributed by atoms with E-state index in [0.29, 0.717) is 24.2 Å². The Morgan fingerprint density at radius 3 is 1.39 bits per heavy atom. The number of nitrogens with one attached hydrogen (secondary N) is 2. The van der Waals surface area contributed by atoms with Gasteiger partial charge < -0.3 is 10.6 Å². The summed E-state index contributed by atoms with van der Waals surface area (Å²) in [6.07, 6.45) is 0. The zero-order valence-electron chi connectivity index (χ0n) is 16.2. The Morgan fingerprint density at radius 1 is 0.643 bits per heavy atom. The second kappa shape index (κ2) is 9.00. The largest absolute Gasteiger partial charge is 0.348 e. The third-order valence-corrected chi connectivity index (χ3v) is 4.49. The van der Waals surface area contributed by atoms with Gasteiger partial charge in [-0.25, -0.2) is 0 Å². The van der Waals surface area contributed by atoms with Crippen molar-refractivity contribution in [3.63, 3.8) is 0 Å². The van der Waals surface area contributed by atoms with E-state index in [9.17, 15) is 9.59 Å². The van der Waals surface area contributed by atoms with E-state index in [0.717, 1.165) is 22.3 Å². The molecule has 142 valence electrons. The van der Waals surface area contributed by atoms with Gasteiger partial charge in [0, 0.05) is 24.2 Å². The first-order valence-electron chi connectivity index (χ1n) is 9.29. The third-order valence-electron chi connectivity index (χ3n) is 4.49. The van der Waals surface area contributed by atoms with Crippen LogP contribution in [0.15, 0.2) is 72.8 Å². The molecule has 0 radical (unpaired) electrons. The minimum Gasteiger partial charge on any atom is -0.348 e. The van der Waals surface area contributed by atoms with Crippen molar-refractivity contribution in [1.82, 2.24) is 10.6 Å². The number of carbonyl (C=O) groups excluding carboxylic acids is 2. The van der Waals surface area contributed by atoms with Gasteiger partial charge in [0.1, 0.15) is 0 Å². The monoisotopic (exact) mass is 372 g/mol. The Kier molecular flexibility index (Phi) is 6.22. The van der Waals surface area contributed by atoms with Gasteiger partial charge in [-0.15, -0.1) is 0 Å². The molecule has 0 unspecified atom stereocenters. The average Bonchev–Trinajstić information content (AvgIpc) is 2.71. The van der Waals surface area contributed by atoms with Crippen molar-refractivity contribution in [3.05, 3.63) is 106 Å². The molecule has 0 aliphatic rings. The van der Waals surface area contributed by atoms with Crippen LogP contribution in [-0.4, -0.2) is 11.8 Å². The summed E-state index contributed by atoms with van der Waals surface area (Å²) < 4.78 is 0. The van der Waals surface area contributed by atoms with Crippen LogP contribution >= 0.6 is 0 Å². The van der Waals surface area contributed by atoms with Gasteiger partial charge in [0.05, 0.1) is 0 Å². The van der Waals surface area contributed by atoms with Gasteiger partial charge in [0.15, 0.2) is 0 Å². The van der Waals surface area contributed by atoms with Gasteiger partial charge in [-0.3, -0.25) is 9.59 Å². The number of amides is 2. The fraction of sp³-hybridized carbons (Fsp3) is 0.167. The van der Waals surface area contributed by atoms with E-state index < -0.39 is 0 Å². The molecule has 0 heterocycles. The highest BCUT2D eigenvalue weighted by Crippen LogP contribution is 2.08. The van der Waals surface area contributed by atoms with Crippen LogP contribution in [0, 0.1) is 13.8 Å². The lowest BCUT2D eigenvalue weighted by molar-refractivity contribution is 0.0942. The van der Waals surface area contributed by atoms with E-state index in [-0.39, 0.29) is 11.8 Å². The van der Waals surface area contributed by atoms with Gasteiger partial charge in [-0.05, 0) is 49.2 Å². The summed E-state index contributed by atoms with van der Waals surface area (Å²) in [5, 5.41) is 5.86. The summed E-state index contributed by atoms with van der Waals surface area (Å²) in [6.45, 7) is 4.85. The fourth-order valence-electron chi connectivity index (χ4n) is 2.92. The molecule has 0 aliphatic carbocycles. The highest BCUT2D eigenvalue weighted by Gasteiger charge is 2.07. The van der Waals surface area contributed by atoms with Crippen molar-refractivity contribution >= 4 is 11.8 Å².